The van der Waals surface area contributed by atoms with Crippen LogP contribution in [0.2, 0.25) is 0 Å². The molecule has 0 unspecified atom stereocenters. The van der Waals surface area contributed by atoms with Crippen LogP contribution in [-0.2, 0) is 9.53 Å². The van der Waals surface area contributed by atoms with Crippen LogP contribution in [0.15, 0.2) is 0 Å². The molecule has 0 radical (unpaired) electrons. The van der Waals surface area contributed by atoms with Crippen LogP contribution >= 0.6 is 11.6 Å². The normalized spacial score (nSPS) is 24.9. The maximum atomic E-state index is 11.5. The van der Waals surface area contributed by atoms with Gasteiger partial charge in [0.15, 0.2) is 0 Å². The second-order valence-corrected chi connectivity index (χ2v) is 4.47. The first-order valence-corrected chi connectivity index (χ1v) is 6.11. The van der Waals surface area contributed by atoms with Gasteiger partial charge in [-0.25, -0.2) is 0 Å². The molecule has 1 aliphatic rings. The summed E-state index contributed by atoms with van der Waals surface area (Å²) in [5.74, 6) is 0.401. The summed E-state index contributed by atoms with van der Waals surface area (Å²) in [5, 5.41) is 2.09. The highest BCUT2D eigenvalue weighted by Crippen LogP contribution is 2.29. The molecule has 1 amide bonds. The molecular formula is C11H18ClNO3. The van der Waals surface area contributed by atoms with Crippen molar-refractivity contribution in [3.05, 3.63) is 0 Å². The molecular weight excluding hydrogens is 230 g/mol. The summed E-state index contributed by atoms with van der Waals surface area (Å²) < 4.78 is 4.99. The van der Waals surface area contributed by atoms with Gasteiger partial charge in [-0.15, -0.1) is 0 Å². The summed E-state index contributed by atoms with van der Waals surface area (Å²) in [6, 6.07) is 0. The second-order valence-electron chi connectivity index (χ2n) is 4.12. The average Bonchev–Trinajstić information content (AvgIpc) is 2.27. The Bertz CT molecular complexity index is 250. The largest absolute Gasteiger partial charge is 0.466 e. The first kappa shape index (κ1) is 13.3. The van der Waals surface area contributed by atoms with E-state index in [2.05, 4.69) is 5.32 Å². The Morgan fingerprint density at radius 3 is 2.44 bits per heavy atom. The molecule has 0 bridgehead atoms. The van der Waals surface area contributed by atoms with E-state index in [9.17, 15) is 9.59 Å². The number of esters is 1. The number of hydrogen-bond acceptors (Lipinski definition) is 3. The Hall–Kier alpha value is -0.770. The van der Waals surface area contributed by atoms with Crippen molar-refractivity contribution in [2.45, 2.75) is 32.6 Å². The quantitative estimate of drug-likeness (QED) is 0.471. The topological polar surface area (TPSA) is 55.4 Å². The Kier molecular flexibility index (Phi) is 5.60. The minimum atomic E-state index is -0.507. The van der Waals surface area contributed by atoms with Gasteiger partial charge in [0.05, 0.1) is 12.5 Å². The lowest BCUT2D eigenvalue weighted by molar-refractivity contribution is -0.149. The number of nitrogens with one attached hydrogen (secondary N) is 1. The van der Waals surface area contributed by atoms with E-state index in [0.717, 1.165) is 25.7 Å². The number of halogens is 1. The predicted molar refractivity (Wildman–Crippen MR) is 61.3 cm³/mol. The lowest BCUT2D eigenvalue weighted by Crippen LogP contribution is -2.30. The molecule has 1 fully saturated rings. The van der Waals surface area contributed by atoms with Gasteiger partial charge in [0.2, 0.25) is 0 Å². The molecule has 0 atom stereocenters. The molecule has 1 saturated carbocycles. The minimum Gasteiger partial charge on any atom is -0.466 e. The Labute approximate surface area is 101 Å². The molecule has 0 heterocycles. The fourth-order valence-corrected chi connectivity index (χ4v) is 2.16. The van der Waals surface area contributed by atoms with Crippen LogP contribution in [0.5, 0.6) is 0 Å². The van der Waals surface area contributed by atoms with Gasteiger partial charge in [0.25, 0.3) is 0 Å². The summed E-state index contributed by atoms with van der Waals surface area (Å²) in [7, 11) is 0. The van der Waals surface area contributed by atoms with Crippen molar-refractivity contribution in [3.63, 3.8) is 0 Å². The smallest absolute Gasteiger partial charge is 0.313 e. The van der Waals surface area contributed by atoms with E-state index in [0.29, 0.717) is 19.1 Å². The molecule has 1 rings (SSSR count). The van der Waals surface area contributed by atoms with Gasteiger partial charge in [-0.05, 0) is 50.1 Å². The molecule has 0 saturated heterocycles. The fraction of sp³-hybridized carbons (Fsp3) is 0.818. The van der Waals surface area contributed by atoms with E-state index in [1.165, 1.54) is 0 Å². The predicted octanol–water partition coefficient (Wildman–Crippen LogP) is 2.30. The van der Waals surface area contributed by atoms with E-state index in [1.54, 1.807) is 0 Å². The summed E-state index contributed by atoms with van der Waals surface area (Å²) in [6.45, 7) is 2.87. The Balaban J connectivity index is 2.23. The van der Waals surface area contributed by atoms with E-state index < -0.39 is 5.37 Å². The number of hydrogen-bond donors (Lipinski definition) is 1. The molecule has 0 aromatic rings. The van der Waals surface area contributed by atoms with Gasteiger partial charge in [-0.3, -0.25) is 9.59 Å². The van der Waals surface area contributed by atoms with Crippen LogP contribution < -0.4 is 5.32 Å². The van der Waals surface area contributed by atoms with Crippen molar-refractivity contribution < 1.29 is 14.3 Å². The molecule has 1 aliphatic carbocycles. The molecule has 0 aliphatic heterocycles. The van der Waals surface area contributed by atoms with E-state index in [1.807, 2.05) is 6.92 Å². The minimum absolute atomic E-state index is 0.0444. The highest BCUT2D eigenvalue weighted by Gasteiger charge is 2.27. The van der Waals surface area contributed by atoms with Crippen LogP contribution in [0.25, 0.3) is 0 Å². The number of amides is 1. The lowest BCUT2D eigenvalue weighted by Gasteiger charge is -2.26. The van der Waals surface area contributed by atoms with Crippen molar-refractivity contribution in [2.24, 2.45) is 11.8 Å². The number of carbonyl (C=O) groups excluding carboxylic acids is 2. The zero-order chi connectivity index (χ0) is 12.0. The summed E-state index contributed by atoms with van der Waals surface area (Å²) in [4.78, 5) is 22.0. The molecule has 0 spiro atoms. The van der Waals surface area contributed by atoms with Crippen LogP contribution in [0.3, 0.4) is 0 Å². The summed E-state index contributed by atoms with van der Waals surface area (Å²) in [6.07, 6.45) is 3.59. The van der Waals surface area contributed by atoms with Crippen LogP contribution in [0, 0.1) is 11.8 Å². The third-order valence-corrected chi connectivity index (χ3v) is 3.13. The number of carbonyl (C=O) groups is 2. The van der Waals surface area contributed by atoms with Gasteiger partial charge < -0.3 is 10.1 Å². The average molecular weight is 248 g/mol. The summed E-state index contributed by atoms with van der Waals surface area (Å²) in [5.41, 5.74) is 0. The zero-order valence-corrected chi connectivity index (χ0v) is 10.3. The Morgan fingerprint density at radius 1 is 1.31 bits per heavy atom. The molecule has 92 valence electrons. The number of rotatable bonds is 4. The van der Waals surface area contributed by atoms with Crippen molar-refractivity contribution >= 4 is 22.9 Å². The molecule has 1 N–H and O–H groups in total. The monoisotopic (exact) mass is 247 g/mol. The van der Waals surface area contributed by atoms with Crippen LogP contribution in [0.4, 0.5) is 4.79 Å². The number of ether oxygens (including phenoxy) is 1. The first-order valence-electron chi connectivity index (χ1n) is 5.73. The highest BCUT2D eigenvalue weighted by molar-refractivity contribution is 6.62. The highest BCUT2D eigenvalue weighted by atomic mass is 35.5. The fourth-order valence-electron chi connectivity index (χ4n) is 2.09. The molecule has 0 aromatic heterocycles. The van der Waals surface area contributed by atoms with Crippen LogP contribution in [-0.4, -0.2) is 24.5 Å². The Morgan fingerprint density at radius 2 is 1.94 bits per heavy atom. The third kappa shape index (κ3) is 4.39. The van der Waals surface area contributed by atoms with Gasteiger partial charge >= 0.3 is 11.3 Å². The third-order valence-electron chi connectivity index (χ3n) is 3.00. The second kappa shape index (κ2) is 6.74. The molecule has 0 aromatic carbocycles. The van der Waals surface area contributed by atoms with Crippen molar-refractivity contribution in [3.8, 4) is 0 Å². The standard InChI is InChI=1S/C11H18ClNO3/c1-2-16-10(14)9-5-3-8(4-6-9)7-13-11(12)15/h8-9H,2-7H2,1H3,(H,13,15). The van der Waals surface area contributed by atoms with Crippen molar-refractivity contribution in [1.29, 1.82) is 0 Å². The van der Waals surface area contributed by atoms with Crippen molar-refractivity contribution in [1.82, 2.24) is 5.32 Å². The molecule has 5 heteroatoms. The van der Waals surface area contributed by atoms with Gasteiger partial charge in [0, 0.05) is 6.54 Å². The molecule has 16 heavy (non-hydrogen) atoms. The molecule has 4 nitrogen and oxygen atoms in total. The maximum Gasteiger partial charge on any atom is 0.313 e. The lowest BCUT2D eigenvalue weighted by atomic mass is 9.82. The SMILES string of the molecule is CCOC(=O)C1CCC(CNC(=O)Cl)CC1. The van der Waals surface area contributed by atoms with Crippen LogP contribution in [0.1, 0.15) is 32.6 Å². The van der Waals surface area contributed by atoms with Gasteiger partial charge in [-0.2, -0.15) is 0 Å². The van der Waals surface area contributed by atoms with Gasteiger partial charge in [-0.1, -0.05) is 0 Å². The zero-order valence-electron chi connectivity index (χ0n) is 9.50. The van der Waals surface area contributed by atoms with Gasteiger partial charge in [0.1, 0.15) is 0 Å². The van der Waals surface area contributed by atoms with E-state index in [-0.39, 0.29) is 11.9 Å². The maximum absolute atomic E-state index is 11.5. The summed E-state index contributed by atoms with van der Waals surface area (Å²) >= 11 is 5.19. The van der Waals surface area contributed by atoms with Crippen molar-refractivity contribution in [2.75, 3.05) is 13.2 Å². The van der Waals surface area contributed by atoms with E-state index in [4.69, 9.17) is 16.3 Å². The van der Waals surface area contributed by atoms with E-state index >= 15 is 0 Å². The first-order chi connectivity index (χ1) is 7.63.